The highest BCUT2D eigenvalue weighted by atomic mass is 19.1. The molecule has 0 atom stereocenters. The SMILES string of the molecule is COC(=O)c1cc2n(c1)CCNc1cccc(OCc3cc(F)cc(F)c3)c1-2. The highest BCUT2D eigenvalue weighted by Gasteiger charge is 2.22. The molecule has 144 valence electrons. The molecule has 2 aromatic carbocycles. The number of benzene rings is 2. The first-order valence-corrected chi connectivity index (χ1v) is 8.78. The van der Waals surface area contributed by atoms with Crippen molar-refractivity contribution in [2.45, 2.75) is 13.2 Å². The normalized spacial score (nSPS) is 12.4. The molecule has 1 aromatic heterocycles. The van der Waals surface area contributed by atoms with Crippen LogP contribution in [0.15, 0.2) is 48.7 Å². The zero-order valence-corrected chi connectivity index (χ0v) is 15.2. The van der Waals surface area contributed by atoms with Gasteiger partial charge in [0.05, 0.1) is 23.9 Å². The van der Waals surface area contributed by atoms with Gasteiger partial charge in [-0.25, -0.2) is 13.6 Å². The number of carbonyl (C=O) groups excluding carboxylic acids is 1. The second kappa shape index (κ2) is 7.34. The quantitative estimate of drug-likeness (QED) is 0.684. The van der Waals surface area contributed by atoms with Gasteiger partial charge in [-0.3, -0.25) is 0 Å². The van der Waals surface area contributed by atoms with Gasteiger partial charge in [0, 0.05) is 31.0 Å². The van der Waals surface area contributed by atoms with Crippen LogP contribution < -0.4 is 10.1 Å². The van der Waals surface area contributed by atoms with Gasteiger partial charge >= 0.3 is 5.97 Å². The van der Waals surface area contributed by atoms with Crippen LogP contribution in [-0.2, 0) is 17.9 Å². The first-order chi connectivity index (χ1) is 13.5. The number of hydrogen-bond acceptors (Lipinski definition) is 4. The largest absolute Gasteiger partial charge is 0.488 e. The van der Waals surface area contributed by atoms with Crippen molar-refractivity contribution in [2.75, 3.05) is 19.0 Å². The Bertz CT molecular complexity index is 1030. The number of hydrogen-bond donors (Lipinski definition) is 1. The Kier molecular flexibility index (Phi) is 4.73. The molecule has 1 aliphatic heterocycles. The van der Waals surface area contributed by atoms with Crippen LogP contribution in [0.3, 0.4) is 0 Å². The van der Waals surface area contributed by atoms with Crippen molar-refractivity contribution < 1.29 is 23.0 Å². The minimum absolute atomic E-state index is 0.00962. The monoisotopic (exact) mass is 384 g/mol. The maximum absolute atomic E-state index is 13.4. The van der Waals surface area contributed by atoms with Crippen LogP contribution in [0.25, 0.3) is 11.3 Å². The molecule has 5 nitrogen and oxygen atoms in total. The molecule has 7 heteroatoms. The smallest absolute Gasteiger partial charge is 0.339 e. The van der Waals surface area contributed by atoms with Crippen molar-refractivity contribution >= 4 is 11.7 Å². The second-order valence-corrected chi connectivity index (χ2v) is 6.47. The number of methoxy groups -OCH3 is 1. The number of nitrogens with one attached hydrogen (secondary N) is 1. The fourth-order valence-corrected chi connectivity index (χ4v) is 3.36. The van der Waals surface area contributed by atoms with Crippen molar-refractivity contribution in [3.05, 3.63) is 71.4 Å². The number of carbonyl (C=O) groups is 1. The van der Waals surface area contributed by atoms with E-state index in [1.807, 2.05) is 16.7 Å². The fraction of sp³-hybridized carbons (Fsp3) is 0.190. The fourth-order valence-electron chi connectivity index (χ4n) is 3.36. The van der Waals surface area contributed by atoms with Gasteiger partial charge in [-0.05, 0) is 35.9 Å². The summed E-state index contributed by atoms with van der Waals surface area (Å²) in [4.78, 5) is 11.9. The number of halogens is 2. The Balaban J connectivity index is 1.71. The van der Waals surface area contributed by atoms with Crippen LogP contribution in [0.4, 0.5) is 14.5 Å². The second-order valence-electron chi connectivity index (χ2n) is 6.47. The number of aromatic nitrogens is 1. The van der Waals surface area contributed by atoms with Crippen LogP contribution in [0.2, 0.25) is 0 Å². The van der Waals surface area contributed by atoms with E-state index in [0.29, 0.717) is 30.0 Å². The van der Waals surface area contributed by atoms with E-state index in [2.05, 4.69) is 5.32 Å². The van der Waals surface area contributed by atoms with Gasteiger partial charge in [-0.15, -0.1) is 0 Å². The van der Waals surface area contributed by atoms with Gasteiger partial charge in [0.25, 0.3) is 0 Å². The first kappa shape index (κ1) is 18.0. The summed E-state index contributed by atoms with van der Waals surface area (Å²) in [5, 5.41) is 3.34. The lowest BCUT2D eigenvalue weighted by molar-refractivity contribution is 0.0600. The summed E-state index contributed by atoms with van der Waals surface area (Å²) in [5.41, 5.74) is 3.29. The van der Waals surface area contributed by atoms with Crippen molar-refractivity contribution in [3.8, 4) is 17.0 Å². The highest BCUT2D eigenvalue weighted by molar-refractivity contribution is 5.93. The molecule has 0 bridgehead atoms. The maximum Gasteiger partial charge on any atom is 0.339 e. The van der Waals surface area contributed by atoms with E-state index in [-0.39, 0.29) is 6.61 Å². The van der Waals surface area contributed by atoms with Crippen LogP contribution in [0.5, 0.6) is 5.75 Å². The third-order valence-corrected chi connectivity index (χ3v) is 4.58. The molecule has 0 amide bonds. The molecule has 0 radical (unpaired) electrons. The van der Waals surface area contributed by atoms with E-state index in [4.69, 9.17) is 9.47 Å². The summed E-state index contributed by atoms with van der Waals surface area (Å²) >= 11 is 0. The lowest BCUT2D eigenvalue weighted by Gasteiger charge is -2.15. The van der Waals surface area contributed by atoms with Gasteiger partial charge in [0.2, 0.25) is 0 Å². The van der Waals surface area contributed by atoms with Gasteiger partial charge in [-0.1, -0.05) is 6.07 Å². The molecule has 0 saturated heterocycles. The minimum atomic E-state index is -0.649. The first-order valence-electron chi connectivity index (χ1n) is 8.78. The standard InChI is InChI=1S/C21H18F2N2O3/c1-27-21(26)14-9-18-20-17(24-5-6-25(18)11-14)3-2-4-19(20)28-12-13-7-15(22)10-16(23)8-13/h2-4,7-11,24H,5-6,12H2,1H3. The zero-order chi connectivity index (χ0) is 19.7. The molecule has 28 heavy (non-hydrogen) atoms. The van der Waals surface area contributed by atoms with E-state index in [9.17, 15) is 13.6 Å². The van der Waals surface area contributed by atoms with Crippen molar-refractivity contribution in [1.29, 1.82) is 0 Å². The molecule has 3 aromatic rings. The van der Waals surface area contributed by atoms with Gasteiger partial charge in [0.15, 0.2) is 0 Å². The number of ether oxygens (including phenoxy) is 2. The van der Waals surface area contributed by atoms with E-state index in [1.165, 1.54) is 19.2 Å². The lowest BCUT2D eigenvalue weighted by Crippen LogP contribution is -2.07. The number of rotatable bonds is 4. The topological polar surface area (TPSA) is 52.5 Å². The Morgan fingerprint density at radius 2 is 1.96 bits per heavy atom. The molecular formula is C21H18F2N2O3. The average molecular weight is 384 g/mol. The Morgan fingerprint density at radius 3 is 2.71 bits per heavy atom. The minimum Gasteiger partial charge on any atom is -0.488 e. The van der Waals surface area contributed by atoms with Gasteiger partial charge in [-0.2, -0.15) is 0 Å². The molecule has 0 spiro atoms. The summed E-state index contributed by atoms with van der Waals surface area (Å²) in [6.45, 7) is 1.35. The average Bonchev–Trinajstić information content (AvgIpc) is 3.01. The molecule has 2 heterocycles. The Hall–Kier alpha value is -3.35. The predicted octanol–water partition coefficient (Wildman–Crippen LogP) is 4.22. The number of fused-ring (bicyclic) bond motifs is 3. The number of nitrogens with zero attached hydrogens (tertiary/aromatic N) is 1. The maximum atomic E-state index is 13.4. The highest BCUT2D eigenvalue weighted by Crippen LogP contribution is 2.39. The third-order valence-electron chi connectivity index (χ3n) is 4.58. The molecule has 1 N–H and O–H groups in total. The molecule has 0 fully saturated rings. The Labute approximate surface area is 160 Å². The van der Waals surface area contributed by atoms with Crippen molar-refractivity contribution in [3.63, 3.8) is 0 Å². The van der Waals surface area contributed by atoms with E-state index in [0.717, 1.165) is 23.0 Å². The summed E-state index contributed by atoms with van der Waals surface area (Å²) in [6, 6.07) is 10.6. The zero-order valence-electron chi connectivity index (χ0n) is 15.2. The molecule has 0 unspecified atom stereocenters. The molecule has 1 aliphatic rings. The summed E-state index contributed by atoms with van der Waals surface area (Å²) in [6.07, 6.45) is 1.75. The van der Waals surface area contributed by atoms with Crippen molar-refractivity contribution in [1.82, 2.24) is 4.57 Å². The summed E-state index contributed by atoms with van der Waals surface area (Å²) in [5.74, 6) is -1.16. The van der Waals surface area contributed by atoms with E-state index >= 15 is 0 Å². The van der Waals surface area contributed by atoms with E-state index in [1.54, 1.807) is 18.3 Å². The molecule has 4 rings (SSSR count). The van der Waals surface area contributed by atoms with E-state index < -0.39 is 17.6 Å². The van der Waals surface area contributed by atoms with Gasteiger partial charge < -0.3 is 19.4 Å². The van der Waals surface area contributed by atoms with Crippen LogP contribution in [0.1, 0.15) is 15.9 Å². The predicted molar refractivity (Wildman–Crippen MR) is 100 cm³/mol. The van der Waals surface area contributed by atoms with Crippen LogP contribution in [-0.4, -0.2) is 24.2 Å². The van der Waals surface area contributed by atoms with Crippen LogP contribution in [0, 0.1) is 11.6 Å². The summed E-state index contributed by atoms with van der Waals surface area (Å²) < 4.78 is 39.6. The van der Waals surface area contributed by atoms with Crippen molar-refractivity contribution in [2.24, 2.45) is 0 Å². The molecular weight excluding hydrogens is 366 g/mol. The lowest BCUT2D eigenvalue weighted by atomic mass is 10.1. The molecule has 0 saturated carbocycles. The molecule has 0 aliphatic carbocycles. The van der Waals surface area contributed by atoms with Crippen LogP contribution >= 0.6 is 0 Å². The summed E-state index contributed by atoms with van der Waals surface area (Å²) in [7, 11) is 1.34. The number of anilines is 1. The third kappa shape index (κ3) is 3.43. The Morgan fingerprint density at radius 1 is 1.18 bits per heavy atom. The van der Waals surface area contributed by atoms with Gasteiger partial charge in [0.1, 0.15) is 24.0 Å². The number of esters is 1.